The van der Waals surface area contributed by atoms with Crippen LogP contribution < -0.4 is 14.8 Å². The molecule has 2 aromatic rings. The maximum absolute atomic E-state index is 5.84. The lowest BCUT2D eigenvalue weighted by Gasteiger charge is -2.12. The fraction of sp³-hybridized carbons (Fsp3) is 0.222. The quantitative estimate of drug-likeness (QED) is 0.597. The molecule has 0 aliphatic rings. The summed E-state index contributed by atoms with van der Waals surface area (Å²) in [7, 11) is 1.67. The van der Waals surface area contributed by atoms with Crippen molar-refractivity contribution in [3.05, 3.63) is 72.3 Å². The third-order valence-electron chi connectivity index (χ3n) is 3.18. The molecule has 0 unspecified atom stereocenters. The van der Waals surface area contributed by atoms with Crippen LogP contribution in [0.25, 0.3) is 0 Å². The van der Waals surface area contributed by atoms with Crippen molar-refractivity contribution >= 4 is 0 Å². The zero-order valence-electron chi connectivity index (χ0n) is 12.4. The number of methoxy groups -OCH3 is 1. The molecule has 0 saturated heterocycles. The van der Waals surface area contributed by atoms with Gasteiger partial charge < -0.3 is 14.8 Å². The SMILES string of the molecule is C=CC[NH2+]Cc1ccc(OCc2ccccc2)c(OC)c1. The number of benzene rings is 2. The number of quaternary nitrogens is 1. The number of rotatable bonds is 8. The first-order valence-electron chi connectivity index (χ1n) is 7.09. The van der Waals surface area contributed by atoms with E-state index in [9.17, 15) is 0 Å². The fourth-order valence-electron chi connectivity index (χ4n) is 2.06. The second-order valence-electron chi connectivity index (χ2n) is 4.78. The predicted molar refractivity (Wildman–Crippen MR) is 84.5 cm³/mol. The molecule has 0 aromatic heterocycles. The molecule has 2 N–H and O–H groups in total. The van der Waals surface area contributed by atoms with Crippen molar-refractivity contribution in [1.82, 2.24) is 0 Å². The Bertz CT molecular complexity index is 567. The first-order chi connectivity index (χ1) is 10.3. The van der Waals surface area contributed by atoms with Crippen LogP contribution in [0.3, 0.4) is 0 Å². The Labute approximate surface area is 126 Å². The van der Waals surface area contributed by atoms with E-state index in [1.54, 1.807) is 7.11 Å². The van der Waals surface area contributed by atoms with E-state index in [1.165, 1.54) is 5.56 Å². The van der Waals surface area contributed by atoms with Gasteiger partial charge in [0.25, 0.3) is 0 Å². The van der Waals surface area contributed by atoms with Gasteiger partial charge in [-0.2, -0.15) is 0 Å². The van der Waals surface area contributed by atoms with Crippen molar-refractivity contribution in [2.75, 3.05) is 13.7 Å². The van der Waals surface area contributed by atoms with Gasteiger partial charge in [0.2, 0.25) is 0 Å². The molecule has 0 heterocycles. The van der Waals surface area contributed by atoms with Crippen molar-refractivity contribution in [2.24, 2.45) is 0 Å². The average Bonchev–Trinajstić information content (AvgIpc) is 2.54. The molecule has 0 saturated carbocycles. The number of hydrogen-bond donors (Lipinski definition) is 1. The van der Waals surface area contributed by atoms with Gasteiger partial charge in [-0.25, -0.2) is 0 Å². The maximum Gasteiger partial charge on any atom is 0.161 e. The molecule has 0 amide bonds. The molecule has 3 heteroatoms. The van der Waals surface area contributed by atoms with Gasteiger partial charge in [-0.3, -0.25) is 0 Å². The Kier molecular flexibility index (Phi) is 5.85. The highest BCUT2D eigenvalue weighted by molar-refractivity contribution is 5.42. The van der Waals surface area contributed by atoms with E-state index < -0.39 is 0 Å². The molecule has 2 aromatic carbocycles. The van der Waals surface area contributed by atoms with Gasteiger partial charge in [0.15, 0.2) is 11.5 Å². The normalized spacial score (nSPS) is 10.1. The van der Waals surface area contributed by atoms with Gasteiger partial charge in [0.05, 0.1) is 13.7 Å². The molecular formula is C18H22NO2+. The van der Waals surface area contributed by atoms with Crippen molar-refractivity contribution < 1.29 is 14.8 Å². The summed E-state index contributed by atoms with van der Waals surface area (Å²) in [4.78, 5) is 0. The predicted octanol–water partition coefficient (Wildman–Crippen LogP) is 2.52. The molecule has 0 bridgehead atoms. The van der Waals surface area contributed by atoms with Crippen molar-refractivity contribution in [3.8, 4) is 11.5 Å². The summed E-state index contributed by atoms with van der Waals surface area (Å²) in [5.41, 5.74) is 2.35. The molecule has 0 atom stereocenters. The molecule has 2 rings (SSSR count). The molecule has 0 aliphatic carbocycles. The lowest BCUT2D eigenvalue weighted by molar-refractivity contribution is -0.662. The van der Waals surface area contributed by atoms with Crippen LogP contribution in [0, 0.1) is 0 Å². The Morgan fingerprint density at radius 3 is 2.57 bits per heavy atom. The fourth-order valence-corrected chi connectivity index (χ4v) is 2.06. The Morgan fingerprint density at radius 2 is 1.86 bits per heavy atom. The highest BCUT2D eigenvalue weighted by Gasteiger charge is 2.07. The highest BCUT2D eigenvalue weighted by Crippen LogP contribution is 2.28. The minimum absolute atomic E-state index is 0.541. The minimum atomic E-state index is 0.541. The molecule has 0 aliphatic heterocycles. The lowest BCUT2D eigenvalue weighted by atomic mass is 10.2. The van der Waals surface area contributed by atoms with Crippen molar-refractivity contribution in [2.45, 2.75) is 13.2 Å². The molecular weight excluding hydrogens is 262 g/mol. The molecule has 3 nitrogen and oxygen atoms in total. The van der Waals surface area contributed by atoms with E-state index in [-0.39, 0.29) is 0 Å². The number of ether oxygens (including phenoxy) is 2. The third kappa shape index (κ3) is 4.65. The summed E-state index contributed by atoms with van der Waals surface area (Å²) in [6.45, 7) is 6.07. The molecule has 0 spiro atoms. The Hall–Kier alpha value is -2.26. The number of nitrogens with two attached hydrogens (primary N) is 1. The van der Waals surface area contributed by atoms with E-state index in [1.807, 2.05) is 48.5 Å². The van der Waals surface area contributed by atoms with E-state index in [0.717, 1.165) is 30.2 Å². The van der Waals surface area contributed by atoms with E-state index in [0.29, 0.717) is 6.61 Å². The zero-order valence-corrected chi connectivity index (χ0v) is 12.4. The van der Waals surface area contributed by atoms with Crippen molar-refractivity contribution in [3.63, 3.8) is 0 Å². The van der Waals surface area contributed by atoms with Crippen molar-refractivity contribution in [1.29, 1.82) is 0 Å². The van der Waals surface area contributed by atoms with Gasteiger partial charge in [-0.05, 0) is 29.8 Å². The molecule has 110 valence electrons. The second kappa shape index (κ2) is 8.12. The maximum atomic E-state index is 5.84. The average molecular weight is 284 g/mol. The van der Waals surface area contributed by atoms with Crippen LogP contribution in [-0.4, -0.2) is 13.7 Å². The van der Waals surface area contributed by atoms with Gasteiger partial charge >= 0.3 is 0 Å². The summed E-state index contributed by atoms with van der Waals surface area (Å²) in [5.74, 6) is 1.55. The summed E-state index contributed by atoms with van der Waals surface area (Å²) in [6.07, 6.45) is 1.90. The van der Waals surface area contributed by atoms with E-state index >= 15 is 0 Å². The Balaban J connectivity index is 2.00. The first kappa shape index (κ1) is 15.1. The monoisotopic (exact) mass is 284 g/mol. The summed E-state index contributed by atoms with van der Waals surface area (Å²) in [6, 6.07) is 16.2. The molecule has 0 radical (unpaired) electrons. The Morgan fingerprint density at radius 1 is 1.05 bits per heavy atom. The minimum Gasteiger partial charge on any atom is -0.493 e. The van der Waals surface area contributed by atoms with Gasteiger partial charge in [0.1, 0.15) is 13.2 Å². The molecule has 21 heavy (non-hydrogen) atoms. The standard InChI is InChI=1S/C18H21NO2/c1-3-11-19-13-16-9-10-17(18(12-16)20-2)21-14-15-7-5-4-6-8-15/h3-10,12,19H,1,11,13-14H2,2H3/p+1. The van der Waals surface area contributed by atoms with Crippen LogP contribution in [-0.2, 0) is 13.2 Å². The van der Waals surface area contributed by atoms with Crippen LogP contribution in [0.4, 0.5) is 0 Å². The highest BCUT2D eigenvalue weighted by atomic mass is 16.5. The third-order valence-corrected chi connectivity index (χ3v) is 3.18. The largest absolute Gasteiger partial charge is 0.493 e. The summed E-state index contributed by atoms with van der Waals surface area (Å²) < 4.78 is 11.3. The van der Waals surface area contributed by atoms with Gasteiger partial charge in [-0.1, -0.05) is 36.9 Å². The van der Waals surface area contributed by atoms with Crippen LogP contribution in [0.1, 0.15) is 11.1 Å². The van der Waals surface area contributed by atoms with Crippen LogP contribution >= 0.6 is 0 Å². The topological polar surface area (TPSA) is 35.1 Å². The summed E-state index contributed by atoms with van der Waals surface area (Å²) >= 11 is 0. The number of hydrogen-bond acceptors (Lipinski definition) is 2. The zero-order chi connectivity index (χ0) is 14.9. The van der Waals surface area contributed by atoms with Gasteiger partial charge in [-0.15, -0.1) is 0 Å². The smallest absolute Gasteiger partial charge is 0.161 e. The van der Waals surface area contributed by atoms with Crippen LogP contribution in [0.2, 0.25) is 0 Å². The first-order valence-corrected chi connectivity index (χ1v) is 7.09. The van der Waals surface area contributed by atoms with Crippen LogP contribution in [0.15, 0.2) is 61.2 Å². The van der Waals surface area contributed by atoms with E-state index in [4.69, 9.17) is 9.47 Å². The van der Waals surface area contributed by atoms with Gasteiger partial charge in [0, 0.05) is 5.56 Å². The molecule has 0 fully saturated rings. The lowest BCUT2D eigenvalue weighted by Crippen LogP contribution is -2.82. The summed E-state index contributed by atoms with van der Waals surface area (Å²) in [5, 5.41) is 2.19. The second-order valence-corrected chi connectivity index (χ2v) is 4.78. The van der Waals surface area contributed by atoms with E-state index in [2.05, 4.69) is 18.0 Å². The van der Waals surface area contributed by atoms with Crippen LogP contribution in [0.5, 0.6) is 11.5 Å².